The third kappa shape index (κ3) is 7.18. The van der Waals surface area contributed by atoms with Gasteiger partial charge in [-0.05, 0) is 37.6 Å². The lowest BCUT2D eigenvalue weighted by atomic mass is 10.1. The van der Waals surface area contributed by atoms with Crippen molar-refractivity contribution in [2.45, 2.75) is 39.4 Å². The Morgan fingerprint density at radius 3 is 2.57 bits per heavy atom. The molecule has 2 aromatic rings. The Balaban J connectivity index is 2.06. The van der Waals surface area contributed by atoms with E-state index in [-0.39, 0.29) is 22.4 Å². The second-order valence-corrected chi connectivity index (χ2v) is 6.94. The zero-order chi connectivity index (χ0) is 22.5. The van der Waals surface area contributed by atoms with E-state index in [0.29, 0.717) is 17.1 Å². The molecular formula is C19H20ClF3N4O3. The largest absolute Gasteiger partial charge is 0.476 e. The van der Waals surface area contributed by atoms with Crippen LogP contribution in [0.3, 0.4) is 0 Å². The maximum Gasteiger partial charge on any atom is 0.392 e. The van der Waals surface area contributed by atoms with Crippen molar-refractivity contribution in [2.24, 2.45) is 0 Å². The predicted molar refractivity (Wildman–Crippen MR) is 105 cm³/mol. The average molecular weight is 445 g/mol. The molecule has 0 aromatic carbocycles. The van der Waals surface area contributed by atoms with Crippen LogP contribution in [0.5, 0.6) is 5.88 Å². The molecule has 2 aromatic heterocycles. The van der Waals surface area contributed by atoms with Crippen LogP contribution in [-0.2, 0) is 4.79 Å². The standard InChI is InChI=1S/C19H20ClF3N4O3/c1-10-6-13(8-16(25-10)27-12(3)28)11(2)26-17(29)14-7-15(20)18(24-9-14)30-5-4-19(21,22)23/h6-9,11H,4-5H2,1-3H3,(H,26,29)(H,25,27,28). The number of aryl methyl sites for hydroxylation is 1. The van der Waals surface area contributed by atoms with E-state index in [1.165, 1.54) is 13.0 Å². The van der Waals surface area contributed by atoms with E-state index in [1.807, 2.05) is 0 Å². The molecule has 0 fully saturated rings. The lowest BCUT2D eigenvalue weighted by Crippen LogP contribution is -2.27. The molecule has 0 spiro atoms. The number of aromatic nitrogens is 2. The van der Waals surface area contributed by atoms with Crippen LogP contribution in [0.4, 0.5) is 19.0 Å². The van der Waals surface area contributed by atoms with E-state index >= 15 is 0 Å². The van der Waals surface area contributed by atoms with Gasteiger partial charge in [-0.3, -0.25) is 9.59 Å². The van der Waals surface area contributed by atoms with Gasteiger partial charge in [-0.2, -0.15) is 13.2 Å². The summed E-state index contributed by atoms with van der Waals surface area (Å²) in [5.41, 5.74) is 1.48. The molecule has 2 N–H and O–H groups in total. The Morgan fingerprint density at radius 2 is 1.97 bits per heavy atom. The topological polar surface area (TPSA) is 93.2 Å². The Kier molecular flexibility index (Phi) is 7.60. The van der Waals surface area contributed by atoms with E-state index in [9.17, 15) is 22.8 Å². The van der Waals surface area contributed by atoms with Crippen LogP contribution >= 0.6 is 11.6 Å². The summed E-state index contributed by atoms with van der Waals surface area (Å²) in [6, 6.07) is 4.23. The first kappa shape index (κ1) is 23.4. The van der Waals surface area contributed by atoms with E-state index < -0.39 is 31.2 Å². The maximum atomic E-state index is 12.5. The molecule has 0 bridgehead atoms. The first-order valence-electron chi connectivity index (χ1n) is 8.86. The number of carbonyl (C=O) groups excluding carboxylic acids is 2. The monoisotopic (exact) mass is 444 g/mol. The van der Waals surface area contributed by atoms with Crippen molar-refractivity contribution in [3.05, 3.63) is 46.2 Å². The van der Waals surface area contributed by atoms with E-state index in [4.69, 9.17) is 16.3 Å². The highest BCUT2D eigenvalue weighted by Crippen LogP contribution is 2.25. The van der Waals surface area contributed by atoms with E-state index in [1.54, 1.807) is 26.0 Å². The Labute approximate surface area is 176 Å². The highest BCUT2D eigenvalue weighted by atomic mass is 35.5. The quantitative estimate of drug-likeness (QED) is 0.667. The fraction of sp³-hybridized carbons (Fsp3) is 0.368. The number of ether oxygens (including phenoxy) is 1. The number of rotatable bonds is 7. The molecule has 0 aliphatic heterocycles. The van der Waals surface area contributed by atoms with Gasteiger partial charge in [0.15, 0.2) is 0 Å². The SMILES string of the molecule is CC(=O)Nc1cc(C(C)NC(=O)c2cnc(OCCC(F)(F)F)c(Cl)c2)cc(C)n1. The number of hydrogen-bond acceptors (Lipinski definition) is 5. The summed E-state index contributed by atoms with van der Waals surface area (Å²) in [4.78, 5) is 31.8. The number of amides is 2. The normalized spacial score (nSPS) is 12.2. The van der Waals surface area contributed by atoms with Crippen molar-refractivity contribution in [3.8, 4) is 5.88 Å². The van der Waals surface area contributed by atoms with Crippen LogP contribution in [0.2, 0.25) is 5.02 Å². The van der Waals surface area contributed by atoms with Crippen molar-refractivity contribution in [1.82, 2.24) is 15.3 Å². The van der Waals surface area contributed by atoms with Crippen molar-refractivity contribution in [1.29, 1.82) is 0 Å². The summed E-state index contributed by atoms with van der Waals surface area (Å²) in [5.74, 6) is -0.581. The van der Waals surface area contributed by atoms with E-state index in [0.717, 1.165) is 6.20 Å². The molecule has 162 valence electrons. The van der Waals surface area contributed by atoms with Crippen molar-refractivity contribution < 1.29 is 27.5 Å². The lowest BCUT2D eigenvalue weighted by Gasteiger charge is -2.16. The molecule has 7 nitrogen and oxygen atoms in total. The zero-order valence-electron chi connectivity index (χ0n) is 16.4. The summed E-state index contributed by atoms with van der Waals surface area (Å²) in [5, 5.41) is 5.27. The minimum atomic E-state index is -4.35. The predicted octanol–water partition coefficient (Wildman–Crippen LogP) is 4.22. The molecule has 0 aliphatic carbocycles. The van der Waals surface area contributed by atoms with Crippen LogP contribution in [0.1, 0.15) is 47.9 Å². The number of alkyl halides is 3. The Bertz CT molecular complexity index is 938. The number of halogens is 4. The molecule has 2 heterocycles. The van der Waals surface area contributed by atoms with Crippen LogP contribution in [0, 0.1) is 6.92 Å². The number of nitrogens with one attached hydrogen (secondary N) is 2. The van der Waals surface area contributed by atoms with Crippen LogP contribution < -0.4 is 15.4 Å². The third-order valence-electron chi connectivity index (χ3n) is 3.82. The average Bonchev–Trinajstić information content (AvgIpc) is 2.60. The van der Waals surface area contributed by atoms with Gasteiger partial charge in [-0.15, -0.1) is 0 Å². The molecular weight excluding hydrogens is 425 g/mol. The Hall–Kier alpha value is -2.88. The van der Waals surface area contributed by atoms with Gasteiger partial charge in [0.2, 0.25) is 11.8 Å². The first-order valence-corrected chi connectivity index (χ1v) is 9.24. The summed E-state index contributed by atoms with van der Waals surface area (Å²) < 4.78 is 41.5. The molecule has 2 rings (SSSR count). The lowest BCUT2D eigenvalue weighted by molar-refractivity contribution is -0.139. The van der Waals surface area contributed by atoms with Crippen LogP contribution in [0.15, 0.2) is 24.4 Å². The van der Waals surface area contributed by atoms with Gasteiger partial charge >= 0.3 is 6.18 Å². The van der Waals surface area contributed by atoms with Gasteiger partial charge in [-0.25, -0.2) is 9.97 Å². The fourth-order valence-corrected chi connectivity index (χ4v) is 2.69. The number of nitrogens with zero attached hydrogens (tertiary/aromatic N) is 2. The highest BCUT2D eigenvalue weighted by Gasteiger charge is 2.27. The minimum absolute atomic E-state index is 0.0785. The zero-order valence-corrected chi connectivity index (χ0v) is 17.2. The first-order chi connectivity index (χ1) is 13.9. The minimum Gasteiger partial charge on any atom is -0.476 e. The van der Waals surface area contributed by atoms with Gasteiger partial charge < -0.3 is 15.4 Å². The molecule has 1 atom stereocenters. The second kappa shape index (κ2) is 9.75. The van der Waals surface area contributed by atoms with Gasteiger partial charge in [0.25, 0.3) is 5.91 Å². The van der Waals surface area contributed by atoms with Crippen molar-refractivity contribution in [2.75, 3.05) is 11.9 Å². The molecule has 0 radical (unpaired) electrons. The molecule has 1 unspecified atom stereocenters. The third-order valence-corrected chi connectivity index (χ3v) is 4.09. The van der Waals surface area contributed by atoms with Crippen LogP contribution in [-0.4, -0.2) is 34.6 Å². The molecule has 11 heteroatoms. The Morgan fingerprint density at radius 1 is 1.27 bits per heavy atom. The van der Waals surface area contributed by atoms with E-state index in [2.05, 4.69) is 20.6 Å². The summed E-state index contributed by atoms with van der Waals surface area (Å²) >= 11 is 5.97. The summed E-state index contributed by atoms with van der Waals surface area (Å²) in [7, 11) is 0. The smallest absolute Gasteiger partial charge is 0.392 e. The van der Waals surface area contributed by atoms with Gasteiger partial charge in [-0.1, -0.05) is 11.6 Å². The number of anilines is 1. The fourth-order valence-electron chi connectivity index (χ4n) is 2.47. The van der Waals surface area contributed by atoms with Crippen molar-refractivity contribution in [3.63, 3.8) is 0 Å². The van der Waals surface area contributed by atoms with Gasteiger partial charge in [0.1, 0.15) is 10.8 Å². The number of carbonyl (C=O) groups is 2. The summed E-state index contributed by atoms with van der Waals surface area (Å²) in [6.07, 6.45) is -4.33. The molecule has 0 saturated carbocycles. The molecule has 2 amide bonds. The maximum absolute atomic E-state index is 12.5. The number of hydrogen-bond donors (Lipinski definition) is 2. The number of pyridine rings is 2. The van der Waals surface area contributed by atoms with Crippen molar-refractivity contribution >= 4 is 29.2 Å². The summed E-state index contributed by atoms with van der Waals surface area (Å²) in [6.45, 7) is 4.23. The molecule has 0 aliphatic rings. The molecule has 0 saturated heterocycles. The second-order valence-electron chi connectivity index (χ2n) is 6.53. The van der Waals surface area contributed by atoms with Crippen LogP contribution in [0.25, 0.3) is 0 Å². The van der Waals surface area contributed by atoms with Gasteiger partial charge in [0, 0.05) is 18.8 Å². The van der Waals surface area contributed by atoms with Gasteiger partial charge in [0.05, 0.1) is 24.6 Å². The molecule has 30 heavy (non-hydrogen) atoms. The highest BCUT2D eigenvalue weighted by molar-refractivity contribution is 6.32.